The first-order chi connectivity index (χ1) is 74.0. The normalized spacial score (nSPS) is 12.2. The molecule has 0 saturated heterocycles. The molecule has 0 radical (unpaired) electrons. The molecule has 11 nitrogen and oxygen atoms in total. The topological polar surface area (TPSA) is 78.1 Å². The van der Waals surface area contributed by atoms with Crippen molar-refractivity contribution in [2.24, 2.45) is 0 Å². The number of rotatable bonds is 9. The number of nitrogens with zero attached hydrogens (tertiary/aromatic N) is 11. The first kappa shape index (κ1) is 83.4. The quantitative estimate of drug-likeness (QED) is 0.144. The van der Waals surface area contributed by atoms with Crippen LogP contribution >= 0.6 is 34.0 Å². The standard InChI is InChI=1S/2C47H28N4S.C41H25N3S/c1-6-16-39-31(11-1)32-12-2-7-17-40(32)49(39)29-21-23-44-37(27-29)35-15-5-8-18-41(35)50(44)30-22-24-45-38(28-30)36-25-26-48-47(46(36)52-45)51-42-19-9-3-13-33(42)34-14-4-10-20-43(34)51;1-6-16-39-31(11-1)32-12-2-7-17-40(32)49(39)29-21-23-44-37(27-29)35-15-5-10-20-43(35)51(44)47-46-36(25-26-48-47)38-28-30(22-24-45(38)52-46)50-41-18-8-3-13-33(41)34-14-4-9-19-42(34)50;1-2-12-26(13-3-1)27-22-23-38-32(24-27)33-25-39(43-34-18-8-4-14-28(34)29-15-5-9-19-35(29)43)42-41(40(33)45-38)44-36-20-10-6-16-30(36)31-17-7-11-21-37(31)44/h2*1-28H;1-25H. The molecular weight excluding hydrogens is 1870 g/mol. The molecule has 0 unspecified atom stereocenters. The number of pyridine rings is 3. The van der Waals surface area contributed by atoms with Crippen LogP contribution in [0.4, 0.5) is 0 Å². The third-order valence-corrected chi connectivity index (χ3v) is 34.5. The van der Waals surface area contributed by atoms with Crippen molar-refractivity contribution in [3.63, 3.8) is 0 Å². The van der Waals surface area contributed by atoms with Gasteiger partial charge in [0.1, 0.15) is 5.82 Å². The maximum Gasteiger partial charge on any atom is 0.158 e. The second kappa shape index (κ2) is 32.7. The van der Waals surface area contributed by atoms with Crippen LogP contribution in [0.25, 0.3) is 292 Å². The van der Waals surface area contributed by atoms with Crippen LogP contribution in [-0.2, 0) is 0 Å². The Labute approximate surface area is 862 Å². The van der Waals surface area contributed by atoms with E-state index in [9.17, 15) is 0 Å². The molecule has 20 aromatic carbocycles. The van der Waals surface area contributed by atoms with E-state index in [2.05, 4.69) is 516 Å². The summed E-state index contributed by atoms with van der Waals surface area (Å²) in [4.78, 5) is 15.7. The molecule has 14 heteroatoms. The van der Waals surface area contributed by atoms with Crippen LogP contribution in [0.3, 0.4) is 0 Å². The predicted molar refractivity (Wildman–Crippen MR) is 632 cm³/mol. The van der Waals surface area contributed by atoms with E-state index < -0.39 is 0 Å². The highest BCUT2D eigenvalue weighted by Gasteiger charge is 2.28. The minimum absolute atomic E-state index is 0.918. The van der Waals surface area contributed by atoms with Gasteiger partial charge in [0, 0.05) is 168 Å². The van der Waals surface area contributed by atoms with E-state index in [1.165, 1.54) is 213 Å². The molecule has 0 aliphatic heterocycles. The van der Waals surface area contributed by atoms with Crippen molar-refractivity contribution in [3.05, 3.63) is 492 Å². The fraction of sp³-hybridized carbons (Fsp3) is 0. The van der Waals surface area contributed by atoms with E-state index in [0.717, 1.165) is 79.1 Å². The van der Waals surface area contributed by atoms with Gasteiger partial charge in [0.15, 0.2) is 17.5 Å². The second-order valence-corrected chi connectivity index (χ2v) is 41.9. The van der Waals surface area contributed by atoms with Crippen molar-refractivity contribution in [2.75, 3.05) is 0 Å². The lowest BCUT2D eigenvalue weighted by atomic mass is 10.0. The monoisotopic (exact) mass is 1950 g/mol. The van der Waals surface area contributed by atoms with Crippen LogP contribution < -0.4 is 0 Å². The predicted octanol–water partition coefficient (Wildman–Crippen LogP) is 36.8. The van der Waals surface area contributed by atoms with Gasteiger partial charge < -0.3 is 18.3 Å². The van der Waals surface area contributed by atoms with E-state index in [0.29, 0.717) is 0 Å². The number of thiophene rings is 3. The molecule has 0 amide bonds. The Morgan fingerprint density at radius 1 is 0.141 bits per heavy atom. The lowest BCUT2D eigenvalue weighted by Gasteiger charge is -2.13. The van der Waals surface area contributed by atoms with E-state index in [1.807, 2.05) is 46.4 Å². The van der Waals surface area contributed by atoms with E-state index in [4.69, 9.17) is 15.0 Å². The molecule has 14 aromatic heterocycles. The molecule has 0 fully saturated rings. The van der Waals surface area contributed by atoms with Crippen LogP contribution in [0.1, 0.15) is 0 Å². The van der Waals surface area contributed by atoms with Gasteiger partial charge >= 0.3 is 0 Å². The highest BCUT2D eigenvalue weighted by Crippen LogP contribution is 2.50. The number of benzene rings is 20. The molecule has 694 valence electrons. The minimum Gasteiger partial charge on any atom is -0.309 e. The molecular formula is C135H81N11S3. The molecule has 0 N–H and O–H groups in total. The maximum atomic E-state index is 5.60. The number of hydrogen-bond acceptors (Lipinski definition) is 6. The van der Waals surface area contributed by atoms with Crippen LogP contribution in [0.5, 0.6) is 0 Å². The molecule has 0 aliphatic rings. The second-order valence-electron chi connectivity index (χ2n) is 38.8. The highest BCUT2D eigenvalue weighted by molar-refractivity contribution is 7.27. The molecule has 0 spiro atoms. The number of fused-ring (bicyclic) bond motifs is 33. The summed E-state index contributed by atoms with van der Waals surface area (Å²) in [6, 6.07) is 174. The summed E-state index contributed by atoms with van der Waals surface area (Å²) in [5, 5.41) is 27.4. The zero-order valence-corrected chi connectivity index (χ0v) is 82.4. The summed E-state index contributed by atoms with van der Waals surface area (Å²) in [5.41, 5.74) is 26.0. The van der Waals surface area contributed by atoms with Crippen LogP contribution in [0, 0.1) is 0 Å². The zero-order valence-electron chi connectivity index (χ0n) is 79.9. The summed E-state index contributed by atoms with van der Waals surface area (Å²) in [5.74, 6) is 3.82. The third kappa shape index (κ3) is 12.5. The van der Waals surface area contributed by atoms with Crippen molar-refractivity contribution in [1.29, 1.82) is 0 Å². The number of para-hydroxylation sites is 14. The Bertz CT molecular complexity index is 11400. The van der Waals surface area contributed by atoms with Crippen molar-refractivity contribution < 1.29 is 0 Å². The van der Waals surface area contributed by atoms with Gasteiger partial charge in [0.2, 0.25) is 0 Å². The highest BCUT2D eigenvalue weighted by atomic mass is 32.1. The van der Waals surface area contributed by atoms with E-state index in [-0.39, 0.29) is 0 Å². The lowest BCUT2D eigenvalue weighted by molar-refractivity contribution is 1.03. The summed E-state index contributed by atoms with van der Waals surface area (Å²) in [6.45, 7) is 0. The van der Waals surface area contributed by atoms with E-state index >= 15 is 0 Å². The first-order valence-corrected chi connectivity index (χ1v) is 53.0. The molecule has 0 saturated carbocycles. The van der Waals surface area contributed by atoms with E-state index in [1.54, 1.807) is 0 Å². The van der Waals surface area contributed by atoms with Gasteiger partial charge in [-0.1, -0.05) is 291 Å². The van der Waals surface area contributed by atoms with Crippen molar-refractivity contribution in [1.82, 2.24) is 51.5 Å². The summed E-state index contributed by atoms with van der Waals surface area (Å²) >= 11 is 5.48. The Morgan fingerprint density at radius 2 is 0.369 bits per heavy atom. The van der Waals surface area contributed by atoms with Gasteiger partial charge in [-0.15, -0.1) is 34.0 Å². The third-order valence-electron chi connectivity index (χ3n) is 30.9. The fourth-order valence-electron chi connectivity index (χ4n) is 24.6. The van der Waals surface area contributed by atoms with Crippen molar-refractivity contribution in [3.8, 4) is 57.1 Å². The molecule has 0 atom stereocenters. The van der Waals surface area contributed by atoms with Gasteiger partial charge in [0.05, 0.1) is 102 Å². The lowest BCUT2D eigenvalue weighted by Crippen LogP contribution is -2.03. The molecule has 34 aromatic rings. The fourth-order valence-corrected chi connectivity index (χ4v) is 28.0. The average molecular weight is 1950 g/mol. The smallest absolute Gasteiger partial charge is 0.158 e. The summed E-state index contributed by atoms with van der Waals surface area (Å²) < 4.78 is 26.4. The van der Waals surface area contributed by atoms with Gasteiger partial charge in [-0.2, -0.15) is 0 Å². The molecule has 34 rings (SSSR count). The Kier molecular flexibility index (Phi) is 18.3. The van der Waals surface area contributed by atoms with Gasteiger partial charge in [-0.05, 0) is 199 Å². The number of hydrogen-bond donors (Lipinski definition) is 0. The van der Waals surface area contributed by atoms with Crippen LogP contribution in [-0.4, -0.2) is 51.5 Å². The Balaban J connectivity index is 0.0000000992. The van der Waals surface area contributed by atoms with Crippen molar-refractivity contribution in [2.45, 2.75) is 0 Å². The zero-order chi connectivity index (χ0) is 97.3. The van der Waals surface area contributed by atoms with Crippen LogP contribution in [0.2, 0.25) is 0 Å². The first-order valence-electron chi connectivity index (χ1n) is 50.5. The van der Waals surface area contributed by atoms with Gasteiger partial charge in [0.25, 0.3) is 0 Å². The summed E-state index contributed by atoms with van der Waals surface area (Å²) in [7, 11) is 0. The average Bonchev–Trinajstić information content (AvgIpc) is 1.56. The van der Waals surface area contributed by atoms with Crippen molar-refractivity contribution >= 4 is 269 Å². The Morgan fingerprint density at radius 3 is 0.685 bits per heavy atom. The minimum atomic E-state index is 0.918. The maximum absolute atomic E-state index is 5.60. The Hall–Kier alpha value is -19.1. The van der Waals surface area contributed by atoms with Gasteiger partial charge in [-0.3, -0.25) is 18.3 Å². The largest absolute Gasteiger partial charge is 0.309 e. The molecule has 14 heterocycles. The van der Waals surface area contributed by atoms with Gasteiger partial charge in [-0.25, -0.2) is 15.0 Å². The molecule has 0 bridgehead atoms. The molecule has 0 aliphatic carbocycles. The SMILES string of the molecule is c1ccc(-c2ccc3sc4c(-n5c6ccccc6c6ccccc65)nc(-n5c6ccccc6c6ccccc65)cc4c3c2)cc1.c1ccc2c(c1)c1ccccc1n2-c1ccc2c(c1)c1ccccc1n2-c1ccc2sc3c(-n4c5ccccc5c5ccccc54)nccc3c2c1.c1ccc2c(c1)c1ccccc1n2-c1ccc2sc3c(-n4c5ccccc5c5cc(-n6c7ccccc7c7ccccc76)ccc54)nccc3c2c1. The molecule has 149 heavy (non-hydrogen) atoms. The van der Waals surface area contributed by atoms with Crippen LogP contribution in [0.15, 0.2) is 492 Å². The summed E-state index contributed by atoms with van der Waals surface area (Å²) in [6.07, 6.45) is 3.95. The number of aromatic nitrogens is 11.